The summed E-state index contributed by atoms with van der Waals surface area (Å²) in [5.41, 5.74) is 2.70. The summed E-state index contributed by atoms with van der Waals surface area (Å²) in [4.78, 5) is 40.2. The molecule has 0 N–H and O–H groups in total. The van der Waals surface area contributed by atoms with Gasteiger partial charge in [-0.05, 0) is 106 Å². The Kier molecular flexibility index (Phi) is 8.99. The van der Waals surface area contributed by atoms with Crippen molar-refractivity contribution in [2.75, 3.05) is 13.1 Å². The Morgan fingerprint density at radius 1 is 0.950 bits per heavy atom. The summed E-state index contributed by atoms with van der Waals surface area (Å²) >= 11 is 6.05. The van der Waals surface area contributed by atoms with Crippen LogP contribution in [-0.2, 0) is 11.2 Å². The molecule has 6 nitrogen and oxygen atoms in total. The molecule has 7 heteroatoms. The van der Waals surface area contributed by atoms with E-state index in [1.54, 1.807) is 55.1 Å². The Labute approximate surface area is 241 Å². The predicted molar refractivity (Wildman–Crippen MR) is 156 cm³/mol. The van der Waals surface area contributed by atoms with Gasteiger partial charge in [-0.3, -0.25) is 9.59 Å². The van der Waals surface area contributed by atoms with Crippen molar-refractivity contribution in [1.29, 1.82) is 0 Å². The molecular formula is C33H36ClNO5. The van der Waals surface area contributed by atoms with Gasteiger partial charge in [0.05, 0.1) is 0 Å². The monoisotopic (exact) mass is 561 g/mol. The summed E-state index contributed by atoms with van der Waals surface area (Å²) in [6.07, 6.45) is 0.995. The van der Waals surface area contributed by atoms with Crippen molar-refractivity contribution in [3.63, 3.8) is 0 Å². The van der Waals surface area contributed by atoms with Gasteiger partial charge in [0.1, 0.15) is 11.5 Å². The maximum absolute atomic E-state index is 13.6. The molecule has 0 saturated carbocycles. The number of hydrogen-bond donors (Lipinski definition) is 0. The Balaban J connectivity index is 1.51. The van der Waals surface area contributed by atoms with Gasteiger partial charge in [-0.2, -0.15) is 0 Å². The van der Waals surface area contributed by atoms with E-state index < -0.39 is 11.7 Å². The molecule has 0 unspecified atom stereocenters. The summed E-state index contributed by atoms with van der Waals surface area (Å²) in [6.45, 7) is 9.76. The first kappa shape index (κ1) is 29.3. The molecule has 40 heavy (non-hydrogen) atoms. The molecule has 0 spiro atoms. The Morgan fingerprint density at radius 3 is 2.17 bits per heavy atom. The highest BCUT2D eigenvalue weighted by molar-refractivity contribution is 6.30. The van der Waals surface area contributed by atoms with E-state index >= 15 is 0 Å². The summed E-state index contributed by atoms with van der Waals surface area (Å²) in [5.74, 6) is 0.751. The van der Waals surface area contributed by atoms with Crippen LogP contribution in [0.4, 0.5) is 4.79 Å². The first-order valence-corrected chi connectivity index (χ1v) is 13.9. The summed E-state index contributed by atoms with van der Waals surface area (Å²) < 4.78 is 11.7. The van der Waals surface area contributed by atoms with Gasteiger partial charge in [0.2, 0.25) is 0 Å². The maximum Gasteiger partial charge on any atom is 0.415 e. The van der Waals surface area contributed by atoms with Gasteiger partial charge in [0, 0.05) is 29.6 Å². The van der Waals surface area contributed by atoms with Gasteiger partial charge in [0.25, 0.3) is 0 Å². The van der Waals surface area contributed by atoms with E-state index in [0.717, 1.165) is 35.3 Å². The first-order chi connectivity index (χ1) is 18.9. The minimum absolute atomic E-state index is 0.000694. The lowest BCUT2D eigenvalue weighted by atomic mass is 9.84. The average molecular weight is 562 g/mol. The third kappa shape index (κ3) is 6.92. The number of carbonyl (C=O) groups excluding carboxylic acids is 3. The predicted octanol–water partition coefficient (Wildman–Crippen LogP) is 7.27. The number of nitrogens with zero attached hydrogens (tertiary/aromatic N) is 1. The van der Waals surface area contributed by atoms with Crippen LogP contribution in [0.3, 0.4) is 0 Å². The number of para-hydroxylation sites is 1. The third-order valence-electron chi connectivity index (χ3n) is 7.64. The van der Waals surface area contributed by atoms with Crippen LogP contribution in [0.5, 0.6) is 11.5 Å². The van der Waals surface area contributed by atoms with Crippen LogP contribution >= 0.6 is 11.6 Å². The molecule has 210 valence electrons. The van der Waals surface area contributed by atoms with Crippen LogP contribution in [0.1, 0.15) is 54.2 Å². The average Bonchev–Trinajstić information content (AvgIpc) is 3.34. The van der Waals surface area contributed by atoms with Gasteiger partial charge in [0.15, 0.2) is 17.2 Å². The summed E-state index contributed by atoms with van der Waals surface area (Å²) in [5, 5.41) is 0.567. The van der Waals surface area contributed by atoms with E-state index in [1.807, 2.05) is 32.0 Å². The van der Waals surface area contributed by atoms with Crippen LogP contribution in [0.25, 0.3) is 0 Å². The maximum atomic E-state index is 13.6. The molecule has 1 aliphatic heterocycles. The molecule has 0 aliphatic carbocycles. The fourth-order valence-electron chi connectivity index (χ4n) is 5.12. The highest BCUT2D eigenvalue weighted by Crippen LogP contribution is 2.34. The van der Waals surface area contributed by atoms with Gasteiger partial charge < -0.3 is 14.4 Å². The molecule has 1 saturated heterocycles. The lowest BCUT2D eigenvalue weighted by Gasteiger charge is -2.26. The molecule has 4 rings (SSSR count). The zero-order valence-corrected chi connectivity index (χ0v) is 24.5. The Hall–Kier alpha value is -3.64. The number of likely N-dealkylation sites (tertiary alicyclic amines) is 1. The number of Topliss-reactive ketones (excluding diaryl/α,β-unsaturated/α-hetero) is 2. The molecule has 3 aromatic carbocycles. The van der Waals surface area contributed by atoms with Gasteiger partial charge >= 0.3 is 6.09 Å². The SMILES string of the molecule is CC(=O)C(C)(C)Oc1c(C)cc(CC[C@H]2CN(C(=O)Oc3ccccc3)C[C@@H]2C(=O)c2ccc(Cl)cc2)cc1C. The molecule has 1 aliphatic rings. The number of benzene rings is 3. The zero-order valence-electron chi connectivity index (χ0n) is 23.7. The van der Waals surface area contributed by atoms with Crippen LogP contribution < -0.4 is 9.47 Å². The lowest BCUT2D eigenvalue weighted by Crippen LogP contribution is -2.36. The number of amides is 1. The van der Waals surface area contributed by atoms with E-state index in [9.17, 15) is 14.4 Å². The molecule has 0 aromatic heterocycles. The second-order valence-corrected chi connectivity index (χ2v) is 11.5. The number of ether oxygens (including phenoxy) is 2. The molecule has 0 bridgehead atoms. The summed E-state index contributed by atoms with van der Waals surface area (Å²) in [6, 6.07) is 20.0. The number of halogens is 1. The summed E-state index contributed by atoms with van der Waals surface area (Å²) in [7, 11) is 0. The Bertz CT molecular complexity index is 1360. The molecule has 0 radical (unpaired) electrons. The fraction of sp³-hybridized carbons (Fsp3) is 0.364. The van der Waals surface area contributed by atoms with Crippen molar-refractivity contribution in [2.24, 2.45) is 11.8 Å². The van der Waals surface area contributed by atoms with Crippen molar-refractivity contribution in [2.45, 2.75) is 53.1 Å². The second kappa shape index (κ2) is 12.3. The molecule has 2 atom stereocenters. The molecule has 3 aromatic rings. The second-order valence-electron chi connectivity index (χ2n) is 11.1. The van der Waals surface area contributed by atoms with E-state index in [2.05, 4.69) is 12.1 Å². The first-order valence-electron chi connectivity index (χ1n) is 13.6. The van der Waals surface area contributed by atoms with E-state index in [0.29, 0.717) is 29.4 Å². The van der Waals surface area contributed by atoms with Crippen molar-refractivity contribution >= 4 is 29.3 Å². The largest absolute Gasteiger partial charge is 0.480 e. The highest BCUT2D eigenvalue weighted by Gasteiger charge is 2.40. The minimum Gasteiger partial charge on any atom is -0.480 e. The number of aryl methyl sites for hydroxylation is 3. The minimum atomic E-state index is -0.909. The van der Waals surface area contributed by atoms with Crippen LogP contribution in [0.2, 0.25) is 5.02 Å². The zero-order chi connectivity index (χ0) is 29.0. The normalized spacial score (nSPS) is 17.0. The van der Waals surface area contributed by atoms with Gasteiger partial charge in [-0.1, -0.05) is 41.9 Å². The van der Waals surface area contributed by atoms with Crippen LogP contribution in [0.15, 0.2) is 66.7 Å². The molecule has 1 heterocycles. The van der Waals surface area contributed by atoms with Crippen molar-refractivity contribution in [3.05, 3.63) is 94.0 Å². The quantitative estimate of drug-likeness (QED) is 0.257. The topological polar surface area (TPSA) is 72.9 Å². The van der Waals surface area contributed by atoms with Gasteiger partial charge in [-0.15, -0.1) is 0 Å². The smallest absolute Gasteiger partial charge is 0.415 e. The van der Waals surface area contributed by atoms with E-state index in [4.69, 9.17) is 21.1 Å². The lowest BCUT2D eigenvalue weighted by molar-refractivity contribution is -0.129. The van der Waals surface area contributed by atoms with Gasteiger partial charge in [-0.25, -0.2) is 4.79 Å². The standard InChI is InChI=1S/C33H36ClNO5/c1-21-17-24(18-22(2)31(21)40-33(4,5)23(3)36)11-12-26-19-35(32(38)39-28-9-7-6-8-10-28)20-29(26)30(37)25-13-15-27(34)16-14-25/h6-10,13-18,26,29H,11-12,19-20H2,1-5H3/t26-,29-/m0/s1. The van der Waals surface area contributed by atoms with Crippen molar-refractivity contribution < 1.29 is 23.9 Å². The highest BCUT2D eigenvalue weighted by atomic mass is 35.5. The number of ketones is 2. The van der Waals surface area contributed by atoms with E-state index in [1.165, 1.54) is 6.92 Å². The molecule has 1 amide bonds. The number of hydrogen-bond acceptors (Lipinski definition) is 5. The van der Waals surface area contributed by atoms with Crippen molar-refractivity contribution in [3.8, 4) is 11.5 Å². The molecule has 1 fully saturated rings. The number of rotatable bonds is 9. The number of carbonyl (C=O) groups is 3. The van der Waals surface area contributed by atoms with Crippen LogP contribution in [-0.4, -0.2) is 41.3 Å². The van der Waals surface area contributed by atoms with Crippen LogP contribution in [0, 0.1) is 25.7 Å². The van der Waals surface area contributed by atoms with E-state index in [-0.39, 0.29) is 23.4 Å². The molecular weight excluding hydrogens is 526 g/mol. The van der Waals surface area contributed by atoms with Crippen molar-refractivity contribution in [1.82, 2.24) is 4.90 Å². The Morgan fingerprint density at radius 2 is 1.57 bits per heavy atom. The third-order valence-corrected chi connectivity index (χ3v) is 7.89. The fourth-order valence-corrected chi connectivity index (χ4v) is 5.24.